The fourth-order valence-electron chi connectivity index (χ4n) is 2.17. The lowest BCUT2D eigenvalue weighted by Gasteiger charge is -2.12. The van der Waals surface area contributed by atoms with Crippen LogP contribution in [-0.4, -0.2) is 52.7 Å². The van der Waals surface area contributed by atoms with Gasteiger partial charge in [0.25, 0.3) is 0 Å². The van der Waals surface area contributed by atoms with Crippen molar-refractivity contribution in [3.8, 4) is 11.8 Å². The van der Waals surface area contributed by atoms with Gasteiger partial charge in [-0.3, -0.25) is 0 Å². The molecule has 0 fully saturated rings. The highest BCUT2D eigenvalue weighted by Crippen LogP contribution is 2.21. The van der Waals surface area contributed by atoms with Crippen molar-refractivity contribution >= 4 is 23.8 Å². The maximum atomic E-state index is 12.1. The number of anilines is 2. The molecule has 0 aliphatic carbocycles. The molecule has 0 aliphatic heterocycles. The number of nitrogens with zero attached hydrogens (tertiary/aromatic N) is 3. The summed E-state index contributed by atoms with van der Waals surface area (Å²) in [5, 5.41) is 6.13. The lowest BCUT2D eigenvalue weighted by Crippen LogP contribution is -2.25. The van der Waals surface area contributed by atoms with Crippen LogP contribution in [0.4, 0.5) is 11.9 Å². The van der Waals surface area contributed by atoms with Gasteiger partial charge in [0.05, 0.1) is 12.7 Å². The Balaban J connectivity index is 2.11. The third-order valence-electron chi connectivity index (χ3n) is 3.48. The van der Waals surface area contributed by atoms with Gasteiger partial charge in [-0.1, -0.05) is 0 Å². The van der Waals surface area contributed by atoms with Gasteiger partial charge in [0.2, 0.25) is 11.9 Å². The normalized spacial score (nSPS) is 11.5. The van der Waals surface area contributed by atoms with E-state index in [1.807, 2.05) is 20.8 Å². The summed E-state index contributed by atoms with van der Waals surface area (Å²) >= 11 is 0. The van der Waals surface area contributed by atoms with Crippen LogP contribution in [0.25, 0.3) is 0 Å². The lowest BCUT2D eigenvalue weighted by molar-refractivity contribution is -0.149. The molecule has 0 saturated heterocycles. The Morgan fingerprint density at radius 3 is 2.28 bits per heavy atom. The van der Waals surface area contributed by atoms with Crippen molar-refractivity contribution in [1.29, 1.82) is 0 Å². The van der Waals surface area contributed by atoms with Crippen LogP contribution in [0.3, 0.4) is 0 Å². The van der Waals surface area contributed by atoms with E-state index in [1.165, 1.54) is 26.2 Å². The van der Waals surface area contributed by atoms with Gasteiger partial charge >= 0.3 is 17.9 Å². The number of esters is 2. The standard InChI is InChI=1S/C19H25N5O5/c1-6-20-17-22-18(21-11(2)3)24-19(23-17)29-14-9-7-13(8-10-14)16(26)28-12(4)15(25)27-5/h7-12H,6H2,1-5H3,(H2,20,21,22,23,24)/t12-/m1/s1. The second-order valence-electron chi connectivity index (χ2n) is 6.29. The van der Waals surface area contributed by atoms with Crippen molar-refractivity contribution in [2.75, 3.05) is 24.3 Å². The number of carbonyl (C=O) groups is 2. The fraction of sp³-hybridized carbons (Fsp3) is 0.421. The van der Waals surface area contributed by atoms with Gasteiger partial charge in [-0.05, 0) is 52.0 Å². The molecule has 0 saturated carbocycles. The molecular weight excluding hydrogens is 378 g/mol. The zero-order valence-electron chi connectivity index (χ0n) is 17.1. The molecule has 29 heavy (non-hydrogen) atoms. The van der Waals surface area contributed by atoms with Gasteiger partial charge in [0.15, 0.2) is 6.10 Å². The number of methoxy groups -OCH3 is 1. The molecule has 156 valence electrons. The van der Waals surface area contributed by atoms with E-state index < -0.39 is 18.0 Å². The van der Waals surface area contributed by atoms with Gasteiger partial charge in [-0.2, -0.15) is 15.0 Å². The summed E-state index contributed by atoms with van der Waals surface area (Å²) in [4.78, 5) is 36.2. The molecule has 0 spiro atoms. The van der Waals surface area contributed by atoms with E-state index in [0.717, 1.165) is 0 Å². The predicted molar refractivity (Wildman–Crippen MR) is 106 cm³/mol. The molecule has 0 amide bonds. The zero-order valence-corrected chi connectivity index (χ0v) is 17.1. The van der Waals surface area contributed by atoms with E-state index in [1.54, 1.807) is 12.1 Å². The van der Waals surface area contributed by atoms with Crippen molar-refractivity contribution < 1.29 is 23.8 Å². The summed E-state index contributed by atoms with van der Waals surface area (Å²) in [6.07, 6.45) is -0.995. The number of hydrogen-bond donors (Lipinski definition) is 2. The molecule has 0 bridgehead atoms. The number of rotatable bonds is 9. The van der Waals surface area contributed by atoms with Crippen molar-refractivity contribution in [2.45, 2.75) is 39.8 Å². The van der Waals surface area contributed by atoms with Crippen LogP contribution >= 0.6 is 0 Å². The number of benzene rings is 1. The molecule has 10 heteroatoms. The molecule has 0 unspecified atom stereocenters. The molecule has 1 atom stereocenters. The Hall–Kier alpha value is -3.43. The number of ether oxygens (including phenoxy) is 3. The number of aromatic nitrogens is 3. The average Bonchev–Trinajstić information content (AvgIpc) is 2.67. The minimum Gasteiger partial charge on any atom is -0.466 e. The monoisotopic (exact) mass is 403 g/mol. The third kappa shape index (κ3) is 6.59. The predicted octanol–water partition coefficient (Wildman–Crippen LogP) is 2.63. The molecule has 0 aliphatic rings. The largest absolute Gasteiger partial charge is 0.466 e. The number of carbonyl (C=O) groups excluding carboxylic acids is 2. The van der Waals surface area contributed by atoms with Crippen LogP contribution in [0.1, 0.15) is 38.1 Å². The molecule has 1 aromatic heterocycles. The van der Waals surface area contributed by atoms with Crippen LogP contribution in [0.5, 0.6) is 11.8 Å². The van der Waals surface area contributed by atoms with Crippen molar-refractivity contribution in [2.24, 2.45) is 0 Å². The van der Waals surface area contributed by atoms with Gasteiger partial charge in [0.1, 0.15) is 5.75 Å². The lowest BCUT2D eigenvalue weighted by atomic mass is 10.2. The summed E-state index contributed by atoms with van der Waals surface area (Å²) in [5.41, 5.74) is 0.263. The van der Waals surface area contributed by atoms with E-state index in [-0.39, 0.29) is 17.6 Å². The smallest absolute Gasteiger partial charge is 0.346 e. The summed E-state index contributed by atoms with van der Waals surface area (Å²) < 4.78 is 15.3. The molecule has 1 aromatic carbocycles. The van der Waals surface area contributed by atoms with Gasteiger partial charge in [-0.15, -0.1) is 0 Å². The molecule has 2 N–H and O–H groups in total. The first-order chi connectivity index (χ1) is 13.8. The van der Waals surface area contributed by atoms with Gasteiger partial charge < -0.3 is 24.8 Å². The highest BCUT2D eigenvalue weighted by atomic mass is 16.6. The fourth-order valence-corrected chi connectivity index (χ4v) is 2.17. The third-order valence-corrected chi connectivity index (χ3v) is 3.48. The topological polar surface area (TPSA) is 125 Å². The van der Waals surface area contributed by atoms with Crippen LogP contribution in [-0.2, 0) is 14.3 Å². The Morgan fingerprint density at radius 2 is 1.69 bits per heavy atom. The second-order valence-corrected chi connectivity index (χ2v) is 6.29. The number of hydrogen-bond acceptors (Lipinski definition) is 10. The zero-order chi connectivity index (χ0) is 21.4. The maximum Gasteiger partial charge on any atom is 0.346 e. The van der Waals surface area contributed by atoms with Crippen molar-refractivity contribution in [3.05, 3.63) is 29.8 Å². The SMILES string of the molecule is CCNc1nc(NC(C)C)nc(Oc2ccc(C(=O)O[C@H](C)C(=O)OC)cc2)n1. The Kier molecular flexibility index (Phi) is 7.70. The van der Waals surface area contributed by atoms with E-state index >= 15 is 0 Å². The molecule has 2 aromatic rings. The van der Waals surface area contributed by atoms with Crippen LogP contribution in [0.2, 0.25) is 0 Å². The first kappa shape index (κ1) is 21.9. The molecule has 1 heterocycles. The summed E-state index contributed by atoms with van der Waals surface area (Å²) in [7, 11) is 1.23. The van der Waals surface area contributed by atoms with E-state index in [4.69, 9.17) is 9.47 Å². The first-order valence-corrected chi connectivity index (χ1v) is 9.15. The quantitative estimate of drug-likeness (QED) is 0.604. The minimum atomic E-state index is -0.995. The van der Waals surface area contributed by atoms with E-state index in [9.17, 15) is 9.59 Å². The first-order valence-electron chi connectivity index (χ1n) is 9.15. The highest BCUT2D eigenvalue weighted by molar-refractivity contribution is 5.91. The highest BCUT2D eigenvalue weighted by Gasteiger charge is 2.19. The summed E-state index contributed by atoms with van der Waals surface area (Å²) in [6, 6.07) is 6.42. The van der Waals surface area contributed by atoms with Gasteiger partial charge in [0, 0.05) is 12.6 Å². The molecule has 10 nitrogen and oxygen atoms in total. The van der Waals surface area contributed by atoms with E-state index in [2.05, 4.69) is 30.3 Å². The van der Waals surface area contributed by atoms with E-state index in [0.29, 0.717) is 24.2 Å². The van der Waals surface area contributed by atoms with Crippen LogP contribution < -0.4 is 15.4 Å². The van der Waals surface area contributed by atoms with Gasteiger partial charge in [-0.25, -0.2) is 9.59 Å². The maximum absolute atomic E-state index is 12.1. The Morgan fingerprint density at radius 1 is 1.03 bits per heavy atom. The summed E-state index contributed by atoms with van der Waals surface area (Å²) in [5.74, 6) is -0.0785. The molecular formula is C19H25N5O5. The second kappa shape index (κ2) is 10.2. The van der Waals surface area contributed by atoms with Crippen LogP contribution in [0, 0.1) is 0 Å². The summed E-state index contributed by atoms with van der Waals surface area (Å²) in [6.45, 7) is 7.95. The van der Waals surface area contributed by atoms with Crippen molar-refractivity contribution in [3.63, 3.8) is 0 Å². The Labute approximate surface area is 169 Å². The average molecular weight is 403 g/mol. The Bertz CT molecular complexity index is 841. The van der Waals surface area contributed by atoms with Crippen LogP contribution in [0.15, 0.2) is 24.3 Å². The van der Waals surface area contributed by atoms with Crippen molar-refractivity contribution in [1.82, 2.24) is 15.0 Å². The number of nitrogens with one attached hydrogen (secondary N) is 2. The molecule has 0 radical (unpaired) electrons. The molecule has 2 rings (SSSR count). The minimum absolute atomic E-state index is 0.105.